The number of Topliss-reactive ketones (excluding diaryl/α,β-unsaturated/α-hetero) is 1. The van der Waals surface area contributed by atoms with Crippen molar-refractivity contribution < 1.29 is 9.59 Å². The molecule has 0 fully saturated rings. The molecule has 0 heterocycles. The maximum atomic E-state index is 11.0. The van der Waals surface area contributed by atoms with Gasteiger partial charge in [-0.05, 0) is 6.92 Å². The predicted molar refractivity (Wildman–Crippen MR) is 42.9 cm³/mol. The normalized spacial score (nSPS) is 11.0. The van der Waals surface area contributed by atoms with E-state index >= 15 is 0 Å². The van der Waals surface area contributed by atoms with Crippen LogP contribution in [0.25, 0.3) is 0 Å². The van der Waals surface area contributed by atoms with Gasteiger partial charge in [-0.15, -0.1) is 0 Å². The number of ketones is 1. The largest absolute Gasteiger partial charge is 0.324 e. The van der Waals surface area contributed by atoms with Crippen molar-refractivity contribution in [1.82, 2.24) is 5.32 Å². The molecule has 0 spiro atoms. The van der Waals surface area contributed by atoms with Gasteiger partial charge in [0.25, 0.3) is 0 Å². The first-order valence-electron chi connectivity index (χ1n) is 3.58. The molecule has 0 aromatic rings. The molecule has 1 N–H and O–H groups in total. The molecule has 0 aromatic heterocycles. The topological polar surface area (TPSA) is 46.2 Å². The summed E-state index contributed by atoms with van der Waals surface area (Å²) in [7, 11) is 0. The Kier molecular flexibility index (Phi) is 4.18. The van der Waals surface area contributed by atoms with E-state index in [1.165, 1.54) is 6.92 Å². The van der Waals surface area contributed by atoms with E-state index < -0.39 is 0 Å². The summed E-state index contributed by atoms with van der Waals surface area (Å²) in [5.74, 6) is -0.248. The minimum atomic E-state index is -0.208. The second kappa shape index (κ2) is 4.66. The van der Waals surface area contributed by atoms with Gasteiger partial charge in [0.05, 0.1) is 5.70 Å². The number of hydrogen-bond acceptors (Lipinski definition) is 2. The Bertz CT molecular complexity index is 194. The minimum absolute atomic E-state index is 0.0392. The molecule has 0 saturated carbocycles. The summed E-state index contributed by atoms with van der Waals surface area (Å²) in [5, 5.41) is 2.45. The molecular weight excluding hydrogens is 142 g/mol. The minimum Gasteiger partial charge on any atom is -0.324 e. The van der Waals surface area contributed by atoms with Crippen molar-refractivity contribution in [2.24, 2.45) is 0 Å². The fourth-order valence-corrected chi connectivity index (χ4v) is 0.683. The fourth-order valence-electron chi connectivity index (χ4n) is 0.683. The monoisotopic (exact) mass is 155 g/mol. The molecule has 0 unspecified atom stereocenters. The molecule has 1 amide bonds. The molecule has 0 atom stereocenters. The molecule has 0 aliphatic carbocycles. The first-order chi connectivity index (χ1) is 5.11. The Balaban J connectivity index is 4.20. The number of carbonyl (C=O) groups is 2. The van der Waals surface area contributed by atoms with Crippen LogP contribution in [0.3, 0.4) is 0 Å². The lowest BCUT2D eigenvalue weighted by molar-refractivity contribution is -0.121. The number of rotatable bonds is 3. The Morgan fingerprint density at radius 3 is 2.27 bits per heavy atom. The lowest BCUT2D eigenvalue weighted by atomic mass is 10.2. The Hall–Kier alpha value is -1.12. The summed E-state index contributed by atoms with van der Waals surface area (Å²) in [6, 6.07) is 0. The van der Waals surface area contributed by atoms with Crippen LogP contribution < -0.4 is 5.32 Å². The maximum absolute atomic E-state index is 11.0. The highest BCUT2D eigenvalue weighted by molar-refractivity contribution is 5.98. The highest BCUT2D eigenvalue weighted by atomic mass is 16.2. The molecule has 11 heavy (non-hydrogen) atoms. The van der Waals surface area contributed by atoms with Crippen molar-refractivity contribution in [3.05, 3.63) is 11.8 Å². The van der Waals surface area contributed by atoms with E-state index in [4.69, 9.17) is 0 Å². The summed E-state index contributed by atoms with van der Waals surface area (Å²) >= 11 is 0. The van der Waals surface area contributed by atoms with Crippen LogP contribution in [0.2, 0.25) is 0 Å². The SMILES string of the molecule is C/C=C(\NC(C)=O)C(=O)CC. The highest BCUT2D eigenvalue weighted by Gasteiger charge is 2.05. The molecule has 3 heteroatoms. The molecule has 62 valence electrons. The van der Waals surface area contributed by atoms with E-state index in [1.54, 1.807) is 19.9 Å². The van der Waals surface area contributed by atoms with Crippen LogP contribution in [0.15, 0.2) is 11.8 Å². The number of amides is 1. The van der Waals surface area contributed by atoms with Gasteiger partial charge in [-0.25, -0.2) is 0 Å². The third kappa shape index (κ3) is 3.55. The first kappa shape index (κ1) is 9.88. The summed E-state index contributed by atoms with van der Waals surface area (Å²) < 4.78 is 0. The molecule has 0 bridgehead atoms. The molecule has 0 saturated heterocycles. The van der Waals surface area contributed by atoms with Gasteiger partial charge in [0.15, 0.2) is 5.78 Å². The Morgan fingerprint density at radius 1 is 1.45 bits per heavy atom. The number of hydrogen-bond donors (Lipinski definition) is 1. The van der Waals surface area contributed by atoms with Crippen LogP contribution in [-0.4, -0.2) is 11.7 Å². The summed E-state index contributed by atoms with van der Waals surface area (Å²) in [6.07, 6.45) is 2.02. The Morgan fingerprint density at radius 2 is 2.00 bits per heavy atom. The van der Waals surface area contributed by atoms with E-state index in [1.807, 2.05) is 0 Å². The van der Waals surface area contributed by atoms with Crippen molar-refractivity contribution in [2.75, 3.05) is 0 Å². The molecule has 0 radical (unpaired) electrons. The zero-order valence-corrected chi connectivity index (χ0v) is 7.10. The lowest BCUT2D eigenvalue weighted by Crippen LogP contribution is -2.24. The summed E-state index contributed by atoms with van der Waals surface area (Å²) in [5.41, 5.74) is 0.389. The maximum Gasteiger partial charge on any atom is 0.221 e. The van der Waals surface area contributed by atoms with Crippen molar-refractivity contribution in [2.45, 2.75) is 27.2 Å². The third-order valence-corrected chi connectivity index (χ3v) is 1.22. The number of nitrogens with one attached hydrogen (secondary N) is 1. The van der Waals surface area contributed by atoms with Crippen LogP contribution in [0.1, 0.15) is 27.2 Å². The van der Waals surface area contributed by atoms with E-state index in [0.717, 1.165) is 0 Å². The summed E-state index contributed by atoms with van der Waals surface area (Å²) in [4.78, 5) is 21.5. The van der Waals surface area contributed by atoms with Crippen molar-refractivity contribution in [1.29, 1.82) is 0 Å². The number of carbonyl (C=O) groups excluding carboxylic acids is 2. The standard InChI is InChI=1S/C8H13NO2/c1-4-7(8(11)5-2)9-6(3)10/h4H,5H2,1-3H3,(H,9,10)/b7-4-. The molecule has 0 aromatic carbocycles. The van der Waals surface area contributed by atoms with Crippen molar-refractivity contribution in [3.63, 3.8) is 0 Å². The van der Waals surface area contributed by atoms with E-state index in [-0.39, 0.29) is 11.7 Å². The quantitative estimate of drug-likeness (QED) is 0.618. The second-order valence-corrected chi connectivity index (χ2v) is 2.16. The van der Waals surface area contributed by atoms with Gasteiger partial charge in [-0.2, -0.15) is 0 Å². The van der Waals surface area contributed by atoms with E-state index in [2.05, 4.69) is 5.32 Å². The van der Waals surface area contributed by atoms with Crippen molar-refractivity contribution >= 4 is 11.7 Å². The van der Waals surface area contributed by atoms with Crippen LogP contribution in [0.5, 0.6) is 0 Å². The zero-order valence-electron chi connectivity index (χ0n) is 7.10. The van der Waals surface area contributed by atoms with Gasteiger partial charge >= 0.3 is 0 Å². The smallest absolute Gasteiger partial charge is 0.221 e. The van der Waals surface area contributed by atoms with Gasteiger partial charge in [0, 0.05) is 13.3 Å². The van der Waals surface area contributed by atoms with Gasteiger partial charge in [0.1, 0.15) is 0 Å². The lowest BCUT2D eigenvalue weighted by Gasteiger charge is -2.03. The predicted octanol–water partition coefficient (Wildman–Crippen LogP) is 1.01. The van der Waals surface area contributed by atoms with E-state index in [0.29, 0.717) is 12.1 Å². The Labute approximate surface area is 66.5 Å². The van der Waals surface area contributed by atoms with Gasteiger partial charge in [-0.3, -0.25) is 9.59 Å². The molecule has 0 rings (SSSR count). The van der Waals surface area contributed by atoms with Crippen LogP contribution >= 0.6 is 0 Å². The van der Waals surface area contributed by atoms with Gasteiger partial charge in [-0.1, -0.05) is 13.0 Å². The highest BCUT2D eigenvalue weighted by Crippen LogP contribution is 1.94. The van der Waals surface area contributed by atoms with Crippen LogP contribution in [0.4, 0.5) is 0 Å². The zero-order chi connectivity index (χ0) is 8.85. The van der Waals surface area contributed by atoms with Crippen LogP contribution in [0, 0.1) is 0 Å². The van der Waals surface area contributed by atoms with E-state index in [9.17, 15) is 9.59 Å². The average Bonchev–Trinajstić information content (AvgIpc) is 1.98. The molecule has 0 aliphatic heterocycles. The average molecular weight is 155 g/mol. The molecule has 0 aliphatic rings. The second-order valence-electron chi connectivity index (χ2n) is 2.16. The van der Waals surface area contributed by atoms with Gasteiger partial charge in [0.2, 0.25) is 5.91 Å². The fraction of sp³-hybridized carbons (Fsp3) is 0.500. The molecule has 3 nitrogen and oxygen atoms in total. The molecular formula is C8H13NO2. The van der Waals surface area contributed by atoms with Crippen molar-refractivity contribution in [3.8, 4) is 0 Å². The number of allylic oxidation sites excluding steroid dienone is 2. The van der Waals surface area contributed by atoms with Crippen LogP contribution in [-0.2, 0) is 9.59 Å². The third-order valence-electron chi connectivity index (χ3n) is 1.22. The van der Waals surface area contributed by atoms with Gasteiger partial charge < -0.3 is 5.32 Å². The summed E-state index contributed by atoms with van der Waals surface area (Å²) in [6.45, 7) is 4.86. The first-order valence-corrected chi connectivity index (χ1v) is 3.58.